The Morgan fingerprint density at radius 2 is 2.17 bits per heavy atom. The van der Waals surface area contributed by atoms with Crippen LogP contribution in [0.4, 0.5) is 0 Å². The van der Waals surface area contributed by atoms with Crippen molar-refractivity contribution in [3.63, 3.8) is 0 Å². The summed E-state index contributed by atoms with van der Waals surface area (Å²) in [4.78, 5) is 0. The van der Waals surface area contributed by atoms with Crippen molar-refractivity contribution in [3.05, 3.63) is 0 Å². The van der Waals surface area contributed by atoms with Gasteiger partial charge in [0, 0.05) is 31.5 Å². The molecule has 1 aliphatic carbocycles. The van der Waals surface area contributed by atoms with Crippen LogP contribution in [0.3, 0.4) is 0 Å². The highest BCUT2D eigenvalue weighted by Crippen LogP contribution is 2.30. The van der Waals surface area contributed by atoms with E-state index in [1.54, 1.807) is 7.05 Å². The lowest BCUT2D eigenvalue weighted by molar-refractivity contribution is 0.275. The van der Waals surface area contributed by atoms with E-state index in [1.807, 2.05) is 11.8 Å². The molecule has 0 aromatic carbocycles. The highest BCUT2D eigenvalue weighted by molar-refractivity contribution is 8.00. The first-order valence-corrected chi connectivity index (χ1v) is 8.96. The maximum atomic E-state index is 12.1. The van der Waals surface area contributed by atoms with Gasteiger partial charge in [0.15, 0.2) is 0 Å². The fourth-order valence-electron chi connectivity index (χ4n) is 2.17. The Morgan fingerprint density at radius 1 is 1.44 bits per heavy atom. The third-order valence-corrected chi connectivity index (χ3v) is 6.10. The lowest BCUT2D eigenvalue weighted by atomic mass is 10.3. The quantitative estimate of drug-likeness (QED) is 0.695. The minimum atomic E-state index is -3.41. The van der Waals surface area contributed by atoms with Crippen molar-refractivity contribution in [1.82, 2.24) is 9.03 Å². The Morgan fingerprint density at radius 3 is 2.78 bits per heavy atom. The van der Waals surface area contributed by atoms with Crippen molar-refractivity contribution >= 4 is 22.0 Å². The minimum absolute atomic E-state index is 0.0115. The van der Waals surface area contributed by atoms with E-state index in [4.69, 9.17) is 5.11 Å². The molecule has 0 spiro atoms. The third-order valence-electron chi connectivity index (χ3n) is 3.18. The van der Waals surface area contributed by atoms with E-state index < -0.39 is 10.2 Å². The second kappa shape index (κ2) is 7.69. The van der Waals surface area contributed by atoms with E-state index >= 15 is 0 Å². The van der Waals surface area contributed by atoms with Gasteiger partial charge in [0.2, 0.25) is 0 Å². The SMILES string of the molecule is CCSC1CCCC1NS(=O)(=O)N(C)CCCO. The van der Waals surface area contributed by atoms with E-state index in [0.29, 0.717) is 18.2 Å². The van der Waals surface area contributed by atoms with Gasteiger partial charge in [-0.05, 0) is 25.0 Å². The predicted octanol–water partition coefficient (Wildman–Crippen LogP) is 0.809. The number of aliphatic hydroxyl groups excluding tert-OH is 1. The second-order valence-corrected chi connectivity index (χ2v) is 7.88. The summed E-state index contributed by atoms with van der Waals surface area (Å²) in [5, 5.41) is 9.13. The van der Waals surface area contributed by atoms with Gasteiger partial charge in [-0.3, -0.25) is 0 Å². The molecule has 2 N–H and O–H groups in total. The number of aliphatic hydroxyl groups is 1. The molecule has 0 heterocycles. The molecular weight excluding hydrogens is 272 g/mol. The number of nitrogens with zero attached hydrogens (tertiary/aromatic N) is 1. The van der Waals surface area contributed by atoms with Crippen molar-refractivity contribution < 1.29 is 13.5 Å². The lowest BCUT2D eigenvalue weighted by Crippen LogP contribution is -2.46. The largest absolute Gasteiger partial charge is 0.396 e. The van der Waals surface area contributed by atoms with Crippen molar-refractivity contribution in [3.8, 4) is 0 Å². The van der Waals surface area contributed by atoms with Crippen LogP contribution in [0.1, 0.15) is 32.6 Å². The minimum Gasteiger partial charge on any atom is -0.396 e. The van der Waals surface area contributed by atoms with Gasteiger partial charge in [-0.1, -0.05) is 13.3 Å². The lowest BCUT2D eigenvalue weighted by Gasteiger charge is -2.24. The van der Waals surface area contributed by atoms with Gasteiger partial charge in [-0.15, -0.1) is 0 Å². The Labute approximate surface area is 115 Å². The number of thioether (sulfide) groups is 1. The van der Waals surface area contributed by atoms with Crippen LogP contribution in [0, 0.1) is 0 Å². The van der Waals surface area contributed by atoms with Gasteiger partial charge >= 0.3 is 0 Å². The molecule has 7 heteroatoms. The van der Waals surface area contributed by atoms with Crippen LogP contribution in [0.2, 0.25) is 0 Å². The first-order chi connectivity index (χ1) is 8.51. The summed E-state index contributed by atoms with van der Waals surface area (Å²) < 4.78 is 28.2. The van der Waals surface area contributed by atoms with Crippen LogP contribution in [0.25, 0.3) is 0 Å². The first kappa shape index (κ1) is 16.2. The third kappa shape index (κ3) is 4.70. The Bertz CT molecular complexity index is 335. The Balaban J connectivity index is 2.53. The maximum Gasteiger partial charge on any atom is 0.279 e. The van der Waals surface area contributed by atoms with E-state index in [1.165, 1.54) is 4.31 Å². The summed E-state index contributed by atoms with van der Waals surface area (Å²) in [5.41, 5.74) is 0. The van der Waals surface area contributed by atoms with Crippen molar-refractivity contribution in [1.29, 1.82) is 0 Å². The molecule has 0 bridgehead atoms. The Hall–Kier alpha value is 0.180. The summed E-state index contributed by atoms with van der Waals surface area (Å²) in [6, 6.07) is 0.0523. The molecule has 0 aromatic heterocycles. The summed E-state index contributed by atoms with van der Waals surface area (Å²) in [5.74, 6) is 1.02. The van der Waals surface area contributed by atoms with Crippen LogP contribution < -0.4 is 4.72 Å². The van der Waals surface area contributed by atoms with Crippen LogP contribution in [0.15, 0.2) is 0 Å². The molecule has 0 saturated heterocycles. The summed E-state index contributed by atoms with van der Waals surface area (Å²) in [6.45, 7) is 2.46. The molecule has 0 radical (unpaired) electrons. The van der Waals surface area contributed by atoms with Gasteiger partial charge in [-0.25, -0.2) is 0 Å². The van der Waals surface area contributed by atoms with E-state index in [0.717, 1.165) is 25.0 Å². The number of nitrogens with one attached hydrogen (secondary N) is 1. The van der Waals surface area contributed by atoms with Crippen LogP contribution >= 0.6 is 11.8 Å². The molecular formula is C11H24N2O3S2. The normalized spacial score (nSPS) is 24.9. The zero-order chi connectivity index (χ0) is 13.6. The van der Waals surface area contributed by atoms with E-state index in [9.17, 15) is 8.42 Å². The number of hydrogen-bond donors (Lipinski definition) is 2. The van der Waals surface area contributed by atoms with Gasteiger partial charge in [0.05, 0.1) is 0 Å². The molecule has 2 atom stereocenters. The monoisotopic (exact) mass is 296 g/mol. The first-order valence-electron chi connectivity index (χ1n) is 6.47. The smallest absolute Gasteiger partial charge is 0.279 e. The van der Waals surface area contributed by atoms with E-state index in [-0.39, 0.29) is 12.6 Å². The van der Waals surface area contributed by atoms with Crippen LogP contribution in [-0.2, 0) is 10.2 Å². The number of hydrogen-bond acceptors (Lipinski definition) is 4. The summed E-state index contributed by atoms with van der Waals surface area (Å²) in [6.07, 6.45) is 3.57. The average molecular weight is 296 g/mol. The van der Waals surface area contributed by atoms with Gasteiger partial charge in [0.1, 0.15) is 0 Å². The van der Waals surface area contributed by atoms with Crippen molar-refractivity contribution in [2.45, 2.75) is 43.9 Å². The zero-order valence-corrected chi connectivity index (χ0v) is 12.8. The second-order valence-electron chi connectivity index (χ2n) is 4.55. The highest BCUT2D eigenvalue weighted by atomic mass is 32.2. The molecule has 0 amide bonds. The predicted molar refractivity (Wildman–Crippen MR) is 75.9 cm³/mol. The summed E-state index contributed by atoms with van der Waals surface area (Å²) in [7, 11) is -1.86. The van der Waals surface area contributed by atoms with E-state index in [2.05, 4.69) is 11.6 Å². The van der Waals surface area contributed by atoms with Gasteiger partial charge < -0.3 is 5.11 Å². The fraction of sp³-hybridized carbons (Fsp3) is 1.00. The highest BCUT2D eigenvalue weighted by Gasteiger charge is 2.31. The molecule has 0 aromatic rings. The average Bonchev–Trinajstić information content (AvgIpc) is 2.73. The van der Waals surface area contributed by atoms with Gasteiger partial charge in [-0.2, -0.15) is 29.2 Å². The van der Waals surface area contributed by atoms with Crippen LogP contribution in [-0.4, -0.2) is 55.1 Å². The molecule has 1 fully saturated rings. The van der Waals surface area contributed by atoms with Gasteiger partial charge in [0.25, 0.3) is 10.2 Å². The molecule has 108 valence electrons. The molecule has 1 rings (SSSR count). The zero-order valence-electron chi connectivity index (χ0n) is 11.1. The molecule has 0 aliphatic heterocycles. The van der Waals surface area contributed by atoms with Crippen molar-refractivity contribution in [2.24, 2.45) is 0 Å². The number of rotatable bonds is 8. The molecule has 1 saturated carbocycles. The van der Waals surface area contributed by atoms with Crippen LogP contribution in [0.5, 0.6) is 0 Å². The topological polar surface area (TPSA) is 69.6 Å². The van der Waals surface area contributed by atoms with Crippen molar-refractivity contribution in [2.75, 3.05) is 26.0 Å². The molecule has 2 unspecified atom stereocenters. The Kier molecular flexibility index (Phi) is 6.94. The maximum absolute atomic E-state index is 12.1. The molecule has 1 aliphatic rings. The fourth-order valence-corrected chi connectivity index (χ4v) is 4.67. The standard InChI is InChI=1S/C11H24N2O3S2/c1-3-17-11-7-4-6-10(11)12-18(15,16)13(2)8-5-9-14/h10-12,14H,3-9H2,1-2H3. The summed E-state index contributed by atoms with van der Waals surface area (Å²) >= 11 is 1.83. The molecule has 18 heavy (non-hydrogen) atoms. The molecule has 5 nitrogen and oxygen atoms in total.